The maximum atomic E-state index is 5.03. The van der Waals surface area contributed by atoms with Crippen molar-refractivity contribution in [1.29, 1.82) is 0 Å². The molecule has 0 atom stereocenters. The maximum absolute atomic E-state index is 5.03. The highest BCUT2D eigenvalue weighted by Crippen LogP contribution is 2.03. The second-order valence-corrected chi connectivity index (χ2v) is 2.38. The lowest BCUT2D eigenvalue weighted by molar-refractivity contribution is 0.955. The predicted molar refractivity (Wildman–Crippen MR) is 47.6 cm³/mol. The van der Waals surface area contributed by atoms with Crippen molar-refractivity contribution in [3.05, 3.63) is 24.3 Å². The molecule has 56 valence electrons. The Balaban J connectivity index is 3.33. The lowest BCUT2D eigenvalue weighted by Crippen LogP contribution is -2.18. The van der Waals surface area contributed by atoms with Crippen LogP contribution in [0.4, 0.5) is 0 Å². The summed E-state index contributed by atoms with van der Waals surface area (Å²) in [7, 11) is 0. The van der Waals surface area contributed by atoms with Gasteiger partial charge in [0.05, 0.1) is 17.1 Å². The Labute approximate surface area is 65.1 Å². The van der Waals surface area contributed by atoms with Gasteiger partial charge in [-0.3, -0.25) is 10.8 Å². The molecule has 0 saturated heterocycles. The molecule has 0 aliphatic carbocycles. The summed E-state index contributed by atoms with van der Waals surface area (Å²) in [6, 6.07) is 0. The van der Waals surface area contributed by atoms with E-state index < -0.39 is 0 Å². The highest BCUT2D eigenvalue weighted by Gasteiger charge is 1.83. The number of thioether (sulfide) groups is 1. The topological polar surface area (TPSA) is 50.4 Å². The molecule has 0 saturated carbocycles. The molecule has 10 heavy (non-hydrogen) atoms. The Morgan fingerprint density at radius 1 is 1.80 bits per heavy atom. The van der Waals surface area contributed by atoms with Gasteiger partial charge in [-0.1, -0.05) is 24.4 Å². The zero-order valence-electron chi connectivity index (χ0n) is 5.71. The van der Waals surface area contributed by atoms with Crippen molar-refractivity contribution in [2.45, 2.75) is 0 Å². The molecule has 0 aromatic carbocycles. The lowest BCUT2D eigenvalue weighted by Gasteiger charge is -1.95. The first-order valence-corrected chi connectivity index (χ1v) is 3.60. The van der Waals surface area contributed by atoms with Gasteiger partial charge in [-0.05, 0) is 0 Å². The Hall–Kier alpha value is -0.740. The van der Waals surface area contributed by atoms with Gasteiger partial charge in [0, 0.05) is 0 Å². The van der Waals surface area contributed by atoms with E-state index in [2.05, 4.69) is 23.6 Å². The summed E-state index contributed by atoms with van der Waals surface area (Å²) in [5.74, 6) is 5.03. The average Bonchev–Trinajstić information content (AvgIpc) is 1.98. The molecule has 0 heterocycles. The van der Waals surface area contributed by atoms with E-state index in [0.717, 1.165) is 0 Å². The van der Waals surface area contributed by atoms with E-state index in [1.807, 2.05) is 0 Å². The molecule has 0 amide bonds. The van der Waals surface area contributed by atoms with Crippen molar-refractivity contribution in [1.82, 2.24) is 5.43 Å². The Morgan fingerprint density at radius 2 is 2.50 bits per heavy atom. The Bertz CT molecular complexity index is 142. The van der Waals surface area contributed by atoms with Crippen molar-refractivity contribution >= 4 is 17.3 Å². The van der Waals surface area contributed by atoms with Crippen LogP contribution in [0.1, 0.15) is 0 Å². The first-order chi connectivity index (χ1) is 4.81. The molecule has 0 aromatic heterocycles. The zero-order valence-corrected chi connectivity index (χ0v) is 6.53. The van der Waals surface area contributed by atoms with Crippen LogP contribution in [0.15, 0.2) is 29.3 Å². The molecule has 0 unspecified atom stereocenters. The number of hydrazine groups is 1. The smallest absolute Gasteiger partial charge is 0.0806 e. The minimum Gasteiger partial charge on any atom is -0.319 e. The molecular weight excluding hydrogens is 146 g/mol. The minimum atomic E-state index is 0.630. The van der Waals surface area contributed by atoms with Gasteiger partial charge < -0.3 is 5.43 Å². The molecule has 3 nitrogen and oxygen atoms in total. The second-order valence-electron chi connectivity index (χ2n) is 1.44. The molecule has 0 radical (unpaired) electrons. The lowest BCUT2D eigenvalue weighted by atomic mass is 10.7. The first kappa shape index (κ1) is 9.26. The van der Waals surface area contributed by atoms with Crippen LogP contribution in [0.5, 0.6) is 0 Å². The summed E-state index contributed by atoms with van der Waals surface area (Å²) >= 11 is 1.35. The highest BCUT2D eigenvalue weighted by atomic mass is 32.2. The number of hydrogen-bond donors (Lipinski definition) is 2. The van der Waals surface area contributed by atoms with Crippen molar-refractivity contribution in [3.8, 4) is 0 Å². The Kier molecular flexibility index (Phi) is 5.91. The normalized spacial score (nSPS) is 9.70. The van der Waals surface area contributed by atoms with E-state index in [1.54, 1.807) is 11.6 Å². The third-order valence-electron chi connectivity index (χ3n) is 0.665. The standard InChI is InChI=1S/C6H11N3S/c1-3-4-8-5-10-6(2)9-7/h3,5,9H,1-2,4,7H2/b8-5-. The van der Waals surface area contributed by atoms with Gasteiger partial charge in [0.25, 0.3) is 0 Å². The monoisotopic (exact) mass is 157 g/mol. The third kappa shape index (κ3) is 5.40. The van der Waals surface area contributed by atoms with E-state index in [-0.39, 0.29) is 0 Å². The van der Waals surface area contributed by atoms with Crippen LogP contribution in [0.25, 0.3) is 0 Å². The molecule has 0 bridgehead atoms. The molecule has 0 rings (SSSR count). The van der Waals surface area contributed by atoms with Gasteiger partial charge in [0.1, 0.15) is 0 Å². The number of nitrogens with one attached hydrogen (secondary N) is 1. The van der Waals surface area contributed by atoms with Crippen LogP contribution in [-0.4, -0.2) is 12.1 Å². The number of hydrogen-bond acceptors (Lipinski definition) is 4. The first-order valence-electron chi connectivity index (χ1n) is 2.72. The van der Waals surface area contributed by atoms with E-state index in [1.165, 1.54) is 11.8 Å². The molecule has 3 N–H and O–H groups in total. The fourth-order valence-corrected chi connectivity index (χ4v) is 0.608. The number of rotatable bonds is 5. The van der Waals surface area contributed by atoms with Crippen LogP contribution in [-0.2, 0) is 0 Å². The van der Waals surface area contributed by atoms with E-state index in [4.69, 9.17) is 5.84 Å². The van der Waals surface area contributed by atoms with Gasteiger partial charge in [0.15, 0.2) is 0 Å². The summed E-state index contributed by atoms with van der Waals surface area (Å²) in [6.07, 6.45) is 1.72. The van der Waals surface area contributed by atoms with Crippen molar-refractivity contribution in [2.24, 2.45) is 10.8 Å². The number of nitrogens with two attached hydrogens (primary N) is 1. The van der Waals surface area contributed by atoms with Gasteiger partial charge in [-0.15, -0.1) is 6.58 Å². The highest BCUT2D eigenvalue weighted by molar-refractivity contribution is 8.15. The van der Waals surface area contributed by atoms with Crippen LogP contribution >= 0.6 is 11.8 Å². The number of nitrogens with zero attached hydrogens (tertiary/aromatic N) is 1. The SMILES string of the molecule is C=CC/N=C\SC(=C)NN. The summed E-state index contributed by atoms with van der Waals surface area (Å²) in [5.41, 5.74) is 4.06. The van der Waals surface area contributed by atoms with E-state index in [9.17, 15) is 0 Å². The average molecular weight is 157 g/mol. The number of aliphatic imine (C=N–C) groups is 1. The molecular formula is C6H11N3S. The second kappa shape index (κ2) is 6.38. The maximum Gasteiger partial charge on any atom is 0.0806 e. The fourth-order valence-electron chi connectivity index (χ4n) is 0.252. The van der Waals surface area contributed by atoms with E-state index in [0.29, 0.717) is 11.6 Å². The molecule has 0 aliphatic heterocycles. The van der Waals surface area contributed by atoms with Gasteiger partial charge in [0.2, 0.25) is 0 Å². The molecule has 0 aliphatic rings. The minimum absolute atomic E-state index is 0.630. The summed E-state index contributed by atoms with van der Waals surface area (Å²) in [6.45, 7) is 7.72. The van der Waals surface area contributed by atoms with Gasteiger partial charge in [-0.2, -0.15) is 0 Å². The Morgan fingerprint density at radius 3 is 3.00 bits per heavy atom. The van der Waals surface area contributed by atoms with Crippen molar-refractivity contribution in [3.63, 3.8) is 0 Å². The van der Waals surface area contributed by atoms with Crippen molar-refractivity contribution < 1.29 is 0 Å². The largest absolute Gasteiger partial charge is 0.319 e. The van der Waals surface area contributed by atoms with Gasteiger partial charge >= 0.3 is 0 Å². The molecule has 0 spiro atoms. The van der Waals surface area contributed by atoms with Crippen LogP contribution < -0.4 is 11.3 Å². The molecule has 0 fully saturated rings. The van der Waals surface area contributed by atoms with E-state index >= 15 is 0 Å². The predicted octanol–water partition coefficient (Wildman–Crippen LogP) is 0.868. The van der Waals surface area contributed by atoms with Crippen molar-refractivity contribution in [2.75, 3.05) is 6.54 Å². The molecule has 4 heteroatoms. The van der Waals surface area contributed by atoms with Gasteiger partial charge in [-0.25, -0.2) is 0 Å². The third-order valence-corrected chi connectivity index (χ3v) is 1.32. The van der Waals surface area contributed by atoms with Crippen LogP contribution in [0.3, 0.4) is 0 Å². The summed E-state index contributed by atoms with van der Waals surface area (Å²) in [5, 5.41) is 0.674. The summed E-state index contributed by atoms with van der Waals surface area (Å²) in [4.78, 5) is 3.94. The fraction of sp³-hybridized carbons (Fsp3) is 0.167. The van der Waals surface area contributed by atoms with Crippen LogP contribution in [0.2, 0.25) is 0 Å². The zero-order chi connectivity index (χ0) is 7.82. The van der Waals surface area contributed by atoms with Crippen LogP contribution in [0, 0.1) is 0 Å². The molecule has 0 aromatic rings. The quantitative estimate of drug-likeness (QED) is 0.205. The summed E-state index contributed by atoms with van der Waals surface area (Å²) < 4.78 is 0.